The molecule has 7 nitrogen and oxygen atoms in total. The molecule has 0 saturated carbocycles. The van der Waals surface area contributed by atoms with Gasteiger partial charge in [0.1, 0.15) is 0 Å². The molecule has 0 spiro atoms. The molecule has 0 bridgehead atoms. The van der Waals surface area contributed by atoms with Crippen molar-refractivity contribution in [2.75, 3.05) is 11.1 Å². The number of nitrogens with one attached hydrogen (secondary N) is 2. The van der Waals surface area contributed by atoms with Crippen molar-refractivity contribution < 1.29 is 9.90 Å². The maximum Gasteiger partial charge on any atom is 0.335 e. The van der Waals surface area contributed by atoms with Crippen LogP contribution in [0.25, 0.3) is 10.9 Å². The molecule has 0 fully saturated rings. The fourth-order valence-corrected chi connectivity index (χ4v) is 2.57. The van der Waals surface area contributed by atoms with E-state index in [1.54, 1.807) is 30.3 Å². The van der Waals surface area contributed by atoms with Crippen LogP contribution >= 0.6 is 0 Å². The number of hydrogen-bond acceptors (Lipinski definition) is 5. The van der Waals surface area contributed by atoms with Gasteiger partial charge in [0.2, 0.25) is 5.95 Å². The smallest absolute Gasteiger partial charge is 0.335 e. The number of nitrogen functional groups attached to an aromatic ring is 1. The first-order chi connectivity index (χ1) is 11.5. The van der Waals surface area contributed by atoms with Gasteiger partial charge in [0.25, 0.3) is 5.56 Å². The van der Waals surface area contributed by atoms with Gasteiger partial charge in [0.15, 0.2) is 0 Å². The third-order valence-corrected chi connectivity index (χ3v) is 3.84. The fourth-order valence-electron chi connectivity index (χ4n) is 2.57. The summed E-state index contributed by atoms with van der Waals surface area (Å²) in [6, 6.07) is 10.2. The number of carboxylic acid groups (broad SMARTS) is 1. The van der Waals surface area contributed by atoms with Crippen molar-refractivity contribution in [1.82, 2.24) is 9.97 Å². The molecule has 0 radical (unpaired) electrons. The van der Waals surface area contributed by atoms with E-state index in [4.69, 9.17) is 10.8 Å². The Morgan fingerprint density at radius 3 is 2.62 bits per heavy atom. The minimum Gasteiger partial charge on any atom is -0.478 e. The molecule has 0 aliphatic heterocycles. The van der Waals surface area contributed by atoms with Gasteiger partial charge >= 0.3 is 5.97 Å². The highest BCUT2D eigenvalue weighted by atomic mass is 16.4. The first kappa shape index (κ1) is 15.5. The molecule has 0 aliphatic rings. The number of carboxylic acids is 1. The largest absolute Gasteiger partial charge is 0.478 e. The number of nitrogens with zero attached hydrogens (tertiary/aromatic N) is 1. The number of H-pyrrole nitrogens is 1. The van der Waals surface area contributed by atoms with E-state index < -0.39 is 5.97 Å². The zero-order chi connectivity index (χ0) is 17.3. The normalized spacial score (nSPS) is 10.7. The van der Waals surface area contributed by atoms with Crippen LogP contribution in [-0.2, 0) is 6.54 Å². The lowest BCUT2D eigenvalue weighted by Crippen LogP contribution is -2.13. The number of anilines is 2. The Balaban J connectivity index is 1.86. The van der Waals surface area contributed by atoms with Gasteiger partial charge in [-0.15, -0.1) is 0 Å². The van der Waals surface area contributed by atoms with Crippen LogP contribution in [0, 0.1) is 6.92 Å². The van der Waals surface area contributed by atoms with Crippen LogP contribution in [-0.4, -0.2) is 21.0 Å². The Morgan fingerprint density at radius 1 is 1.25 bits per heavy atom. The molecule has 0 unspecified atom stereocenters. The number of hydrogen-bond donors (Lipinski definition) is 4. The van der Waals surface area contributed by atoms with Gasteiger partial charge in [-0.25, -0.2) is 9.78 Å². The molecular weight excluding hydrogens is 308 g/mol. The molecule has 24 heavy (non-hydrogen) atoms. The molecule has 0 saturated heterocycles. The number of fused-ring (bicyclic) bond motifs is 1. The number of carbonyl (C=O) groups is 1. The minimum absolute atomic E-state index is 0.0890. The van der Waals surface area contributed by atoms with Crippen molar-refractivity contribution in [3.63, 3.8) is 0 Å². The molecule has 3 rings (SSSR count). The van der Waals surface area contributed by atoms with Crippen LogP contribution in [0.5, 0.6) is 0 Å². The third kappa shape index (κ3) is 2.91. The van der Waals surface area contributed by atoms with Gasteiger partial charge in [-0.1, -0.05) is 12.1 Å². The van der Waals surface area contributed by atoms with E-state index in [1.165, 1.54) is 0 Å². The second kappa shape index (κ2) is 6.04. The number of aromatic carboxylic acids is 1. The molecule has 122 valence electrons. The summed E-state index contributed by atoms with van der Waals surface area (Å²) in [5, 5.41) is 12.7. The lowest BCUT2D eigenvalue weighted by molar-refractivity contribution is 0.0697. The topological polar surface area (TPSA) is 121 Å². The summed E-state index contributed by atoms with van der Waals surface area (Å²) in [4.78, 5) is 29.6. The van der Waals surface area contributed by atoms with E-state index in [-0.39, 0.29) is 17.1 Å². The SMILES string of the molecule is Cc1c(NCc2ccc(C(=O)O)cc2)ccc2nc(N)[nH]c(=O)c12. The van der Waals surface area contributed by atoms with Crippen LogP contribution in [0.2, 0.25) is 0 Å². The molecule has 0 aliphatic carbocycles. The Labute approximate surface area is 137 Å². The number of rotatable bonds is 4. The lowest BCUT2D eigenvalue weighted by Gasteiger charge is -2.12. The number of nitrogens with two attached hydrogens (primary N) is 1. The lowest BCUT2D eigenvalue weighted by atomic mass is 10.1. The standard InChI is InChI=1S/C17H16N4O3/c1-9-12(6-7-13-14(9)15(22)21-17(18)20-13)19-8-10-2-4-11(5-3-10)16(23)24/h2-7,19H,8H2,1H3,(H,23,24)(H3,18,20,21,22). The van der Waals surface area contributed by atoms with Crippen LogP contribution in [0.3, 0.4) is 0 Å². The van der Waals surface area contributed by atoms with Crippen molar-refractivity contribution in [3.05, 3.63) is 63.4 Å². The first-order valence-electron chi connectivity index (χ1n) is 7.31. The highest BCUT2D eigenvalue weighted by Crippen LogP contribution is 2.22. The summed E-state index contributed by atoms with van der Waals surface area (Å²) in [6.07, 6.45) is 0. The maximum absolute atomic E-state index is 12.1. The van der Waals surface area contributed by atoms with Gasteiger partial charge in [-0.3, -0.25) is 9.78 Å². The van der Waals surface area contributed by atoms with Crippen molar-refractivity contribution in [2.45, 2.75) is 13.5 Å². The number of benzene rings is 2. The highest BCUT2D eigenvalue weighted by molar-refractivity contribution is 5.88. The maximum atomic E-state index is 12.1. The van der Waals surface area contributed by atoms with Crippen molar-refractivity contribution in [1.29, 1.82) is 0 Å². The van der Waals surface area contributed by atoms with Crippen LogP contribution in [0.4, 0.5) is 11.6 Å². The zero-order valence-electron chi connectivity index (χ0n) is 13.0. The van der Waals surface area contributed by atoms with E-state index in [1.807, 2.05) is 13.0 Å². The average Bonchev–Trinajstić information content (AvgIpc) is 2.54. The molecule has 0 atom stereocenters. The second-order valence-electron chi connectivity index (χ2n) is 5.44. The predicted molar refractivity (Wildman–Crippen MR) is 92.2 cm³/mol. The Morgan fingerprint density at radius 2 is 1.96 bits per heavy atom. The van der Waals surface area contributed by atoms with Gasteiger partial charge in [-0.05, 0) is 42.3 Å². The van der Waals surface area contributed by atoms with E-state index in [0.717, 1.165) is 16.8 Å². The summed E-state index contributed by atoms with van der Waals surface area (Å²) < 4.78 is 0. The third-order valence-electron chi connectivity index (χ3n) is 3.84. The molecule has 1 heterocycles. The Kier molecular flexibility index (Phi) is 3.91. The van der Waals surface area contributed by atoms with E-state index in [2.05, 4.69) is 15.3 Å². The molecule has 1 aromatic heterocycles. The summed E-state index contributed by atoms with van der Waals surface area (Å²) in [6.45, 7) is 2.35. The van der Waals surface area contributed by atoms with Gasteiger partial charge in [0, 0.05) is 12.2 Å². The van der Waals surface area contributed by atoms with E-state index >= 15 is 0 Å². The van der Waals surface area contributed by atoms with Crippen LogP contribution in [0.1, 0.15) is 21.5 Å². The summed E-state index contributed by atoms with van der Waals surface area (Å²) >= 11 is 0. The van der Waals surface area contributed by atoms with Gasteiger partial charge < -0.3 is 16.2 Å². The highest BCUT2D eigenvalue weighted by Gasteiger charge is 2.09. The van der Waals surface area contributed by atoms with E-state index in [0.29, 0.717) is 17.4 Å². The fraction of sp³-hybridized carbons (Fsp3) is 0.118. The number of aryl methyl sites for hydroxylation is 1. The number of aromatic amines is 1. The summed E-state index contributed by atoms with van der Waals surface area (Å²) in [7, 11) is 0. The molecular formula is C17H16N4O3. The van der Waals surface area contributed by atoms with Crippen molar-refractivity contribution in [2.24, 2.45) is 0 Å². The van der Waals surface area contributed by atoms with E-state index in [9.17, 15) is 9.59 Å². The Hall–Kier alpha value is -3.35. The monoisotopic (exact) mass is 324 g/mol. The van der Waals surface area contributed by atoms with Crippen molar-refractivity contribution in [3.8, 4) is 0 Å². The molecule has 3 aromatic rings. The first-order valence-corrected chi connectivity index (χ1v) is 7.31. The zero-order valence-corrected chi connectivity index (χ0v) is 13.0. The van der Waals surface area contributed by atoms with Crippen molar-refractivity contribution >= 4 is 28.5 Å². The summed E-state index contributed by atoms with van der Waals surface area (Å²) in [5.74, 6) is -0.864. The van der Waals surface area contributed by atoms with Gasteiger partial charge in [-0.2, -0.15) is 0 Å². The van der Waals surface area contributed by atoms with Crippen LogP contribution < -0.4 is 16.6 Å². The quantitative estimate of drug-likeness (QED) is 0.583. The summed E-state index contributed by atoms with van der Waals surface area (Å²) in [5.41, 5.74) is 8.60. The minimum atomic E-state index is -0.953. The van der Waals surface area contributed by atoms with Crippen LogP contribution in [0.15, 0.2) is 41.2 Å². The molecule has 5 N–H and O–H groups in total. The average molecular weight is 324 g/mol. The van der Waals surface area contributed by atoms with Gasteiger partial charge in [0.05, 0.1) is 16.5 Å². The number of aromatic nitrogens is 2. The molecule has 2 aromatic carbocycles. The Bertz CT molecular complexity index is 978. The second-order valence-corrected chi connectivity index (χ2v) is 5.44. The molecule has 7 heteroatoms. The predicted octanol–water partition coefficient (Wildman–Crippen LogP) is 2.12. The molecule has 0 amide bonds.